The summed E-state index contributed by atoms with van der Waals surface area (Å²) >= 11 is 5.99. The fraction of sp³-hybridized carbons (Fsp3) is 0. The molecule has 0 saturated carbocycles. The molecule has 0 fully saturated rings. The SMILES string of the molecule is NS(=O)(=O)c1c(F)cc(-c2ncccc2-c2cccc(Cl)c2)cc1F. The van der Waals surface area contributed by atoms with E-state index in [-0.39, 0.29) is 11.3 Å². The Kier molecular flexibility index (Phi) is 4.55. The summed E-state index contributed by atoms with van der Waals surface area (Å²) in [5, 5.41) is 5.34. The van der Waals surface area contributed by atoms with Gasteiger partial charge in [-0.3, -0.25) is 4.98 Å². The van der Waals surface area contributed by atoms with Gasteiger partial charge in [-0.15, -0.1) is 0 Å². The van der Waals surface area contributed by atoms with Crippen LogP contribution < -0.4 is 5.14 Å². The summed E-state index contributed by atoms with van der Waals surface area (Å²) in [5.74, 6) is -2.56. The Hall–Kier alpha value is -2.35. The van der Waals surface area contributed by atoms with Crippen LogP contribution >= 0.6 is 11.6 Å². The number of aromatic nitrogens is 1. The van der Waals surface area contributed by atoms with Crippen LogP contribution in [0.25, 0.3) is 22.4 Å². The first-order valence-corrected chi connectivity index (χ1v) is 8.93. The van der Waals surface area contributed by atoms with Crippen molar-refractivity contribution >= 4 is 21.6 Å². The van der Waals surface area contributed by atoms with Crippen LogP contribution in [0.3, 0.4) is 0 Å². The van der Waals surface area contributed by atoms with Gasteiger partial charge in [-0.05, 0) is 35.9 Å². The van der Waals surface area contributed by atoms with Crippen LogP contribution in [0.1, 0.15) is 0 Å². The number of rotatable bonds is 3. The third-order valence-corrected chi connectivity index (χ3v) is 4.69. The molecule has 0 unspecified atom stereocenters. The van der Waals surface area contributed by atoms with E-state index in [2.05, 4.69) is 4.98 Å². The number of halogens is 3. The summed E-state index contributed by atoms with van der Waals surface area (Å²) in [6.45, 7) is 0. The van der Waals surface area contributed by atoms with E-state index in [1.165, 1.54) is 6.20 Å². The summed E-state index contributed by atoms with van der Waals surface area (Å²) in [5.41, 5.74) is 1.65. The number of pyridine rings is 1. The zero-order chi connectivity index (χ0) is 18.2. The van der Waals surface area contributed by atoms with Crippen molar-refractivity contribution in [1.82, 2.24) is 4.98 Å². The Morgan fingerprint density at radius 3 is 2.24 bits per heavy atom. The van der Waals surface area contributed by atoms with Crippen molar-refractivity contribution in [1.29, 1.82) is 0 Å². The monoisotopic (exact) mass is 380 g/mol. The molecule has 8 heteroatoms. The maximum absolute atomic E-state index is 14.1. The fourth-order valence-corrected chi connectivity index (χ4v) is 3.34. The molecule has 0 aliphatic carbocycles. The zero-order valence-electron chi connectivity index (χ0n) is 12.6. The molecule has 0 atom stereocenters. The highest BCUT2D eigenvalue weighted by atomic mass is 35.5. The molecule has 3 aromatic rings. The number of sulfonamides is 1. The number of benzene rings is 2. The van der Waals surface area contributed by atoms with Crippen LogP contribution in [0.15, 0.2) is 59.6 Å². The first-order chi connectivity index (χ1) is 11.8. The summed E-state index contributed by atoms with van der Waals surface area (Å²) in [6, 6.07) is 12.1. The molecular weight excluding hydrogens is 370 g/mol. The Morgan fingerprint density at radius 2 is 1.64 bits per heavy atom. The van der Waals surface area contributed by atoms with Crippen molar-refractivity contribution in [2.75, 3.05) is 0 Å². The van der Waals surface area contributed by atoms with Crippen LogP contribution in [0.2, 0.25) is 5.02 Å². The molecule has 0 bridgehead atoms. The Bertz CT molecular complexity index is 1050. The van der Waals surface area contributed by atoms with E-state index in [1.54, 1.807) is 36.4 Å². The molecule has 0 amide bonds. The second-order valence-electron chi connectivity index (χ2n) is 5.22. The van der Waals surface area contributed by atoms with E-state index < -0.39 is 26.6 Å². The van der Waals surface area contributed by atoms with Crippen LogP contribution in [0.5, 0.6) is 0 Å². The van der Waals surface area contributed by atoms with Gasteiger partial charge in [0.05, 0.1) is 5.69 Å². The quantitative estimate of drug-likeness (QED) is 0.746. The Labute approximate surface area is 148 Å². The second kappa shape index (κ2) is 6.51. The zero-order valence-corrected chi connectivity index (χ0v) is 14.2. The highest BCUT2D eigenvalue weighted by Crippen LogP contribution is 2.33. The van der Waals surface area contributed by atoms with Gasteiger partial charge in [0, 0.05) is 22.3 Å². The predicted octanol–water partition coefficient (Wildman–Crippen LogP) is 3.99. The van der Waals surface area contributed by atoms with Crippen molar-refractivity contribution in [3.63, 3.8) is 0 Å². The van der Waals surface area contributed by atoms with Gasteiger partial charge in [0.1, 0.15) is 11.6 Å². The lowest BCUT2D eigenvalue weighted by Gasteiger charge is -2.11. The second-order valence-corrected chi connectivity index (χ2v) is 7.16. The molecule has 1 aromatic heterocycles. The molecule has 2 N–H and O–H groups in total. The first-order valence-electron chi connectivity index (χ1n) is 7.00. The molecule has 0 aliphatic heterocycles. The van der Waals surface area contributed by atoms with Crippen molar-refractivity contribution < 1.29 is 17.2 Å². The van der Waals surface area contributed by atoms with Crippen molar-refractivity contribution in [2.24, 2.45) is 5.14 Å². The minimum atomic E-state index is -4.52. The molecule has 2 aromatic carbocycles. The lowest BCUT2D eigenvalue weighted by molar-refractivity contribution is 0.520. The van der Waals surface area contributed by atoms with Gasteiger partial charge in [0.25, 0.3) is 0 Å². The first kappa shape index (κ1) is 17.5. The maximum atomic E-state index is 14.1. The van der Waals surface area contributed by atoms with Crippen LogP contribution in [0.4, 0.5) is 8.78 Å². The fourth-order valence-electron chi connectivity index (χ4n) is 2.49. The topological polar surface area (TPSA) is 73.1 Å². The minimum Gasteiger partial charge on any atom is -0.256 e. The van der Waals surface area contributed by atoms with E-state index in [9.17, 15) is 17.2 Å². The van der Waals surface area contributed by atoms with Gasteiger partial charge in [0.2, 0.25) is 10.0 Å². The maximum Gasteiger partial charge on any atom is 0.243 e. The van der Waals surface area contributed by atoms with E-state index in [4.69, 9.17) is 16.7 Å². The van der Waals surface area contributed by atoms with Crippen LogP contribution in [0, 0.1) is 11.6 Å². The van der Waals surface area contributed by atoms with E-state index in [0.717, 1.165) is 12.1 Å². The van der Waals surface area contributed by atoms with Gasteiger partial charge >= 0.3 is 0 Å². The van der Waals surface area contributed by atoms with E-state index >= 15 is 0 Å². The lowest BCUT2D eigenvalue weighted by atomic mass is 9.99. The van der Waals surface area contributed by atoms with Gasteiger partial charge in [0.15, 0.2) is 4.90 Å². The highest BCUT2D eigenvalue weighted by molar-refractivity contribution is 7.89. The molecule has 0 radical (unpaired) electrons. The van der Waals surface area contributed by atoms with E-state index in [1.807, 2.05) is 0 Å². The molecule has 3 rings (SSSR count). The van der Waals surface area contributed by atoms with Crippen LogP contribution in [-0.2, 0) is 10.0 Å². The van der Waals surface area contributed by atoms with E-state index in [0.29, 0.717) is 16.1 Å². The smallest absolute Gasteiger partial charge is 0.243 e. The Morgan fingerprint density at radius 1 is 0.960 bits per heavy atom. The summed E-state index contributed by atoms with van der Waals surface area (Å²) in [6.07, 6.45) is 1.47. The third kappa shape index (κ3) is 3.53. The molecule has 1 heterocycles. The van der Waals surface area contributed by atoms with Gasteiger partial charge < -0.3 is 0 Å². The van der Waals surface area contributed by atoms with Crippen molar-refractivity contribution in [3.05, 3.63) is 71.4 Å². The van der Waals surface area contributed by atoms with Gasteiger partial charge in [-0.2, -0.15) is 0 Å². The predicted molar refractivity (Wildman–Crippen MR) is 91.4 cm³/mol. The average Bonchev–Trinajstić information content (AvgIpc) is 2.53. The summed E-state index contributed by atoms with van der Waals surface area (Å²) < 4.78 is 50.9. The third-order valence-electron chi connectivity index (χ3n) is 3.50. The molecule has 25 heavy (non-hydrogen) atoms. The van der Waals surface area contributed by atoms with Crippen LogP contribution in [-0.4, -0.2) is 13.4 Å². The van der Waals surface area contributed by atoms with Crippen molar-refractivity contribution in [3.8, 4) is 22.4 Å². The Balaban J connectivity index is 2.22. The highest BCUT2D eigenvalue weighted by Gasteiger charge is 2.22. The summed E-state index contributed by atoms with van der Waals surface area (Å²) in [7, 11) is -4.52. The molecule has 0 spiro atoms. The molecule has 0 aliphatic rings. The molecular formula is C17H11ClF2N2O2S. The largest absolute Gasteiger partial charge is 0.256 e. The minimum absolute atomic E-state index is 0.0815. The molecule has 128 valence electrons. The number of nitrogens with zero attached hydrogens (tertiary/aromatic N) is 1. The number of hydrogen-bond donors (Lipinski definition) is 1. The molecule has 0 saturated heterocycles. The van der Waals surface area contributed by atoms with Gasteiger partial charge in [-0.1, -0.05) is 29.8 Å². The number of hydrogen-bond acceptors (Lipinski definition) is 3. The average molecular weight is 381 g/mol. The van der Waals surface area contributed by atoms with Gasteiger partial charge in [-0.25, -0.2) is 22.3 Å². The lowest BCUT2D eigenvalue weighted by Crippen LogP contribution is -2.16. The molecule has 4 nitrogen and oxygen atoms in total. The standard InChI is InChI=1S/C17H11ClF2N2O2S/c18-12-4-1-3-10(7-12)13-5-2-6-22-16(13)11-8-14(19)17(15(20)9-11)25(21,23)24/h1-9H,(H2,21,23,24). The summed E-state index contributed by atoms with van der Waals surface area (Å²) in [4.78, 5) is 3.00. The van der Waals surface area contributed by atoms with Crippen molar-refractivity contribution in [2.45, 2.75) is 4.90 Å². The number of primary sulfonamides is 1. The number of nitrogens with two attached hydrogens (primary N) is 1. The normalized spacial score (nSPS) is 11.5.